The maximum atomic E-state index is 5.94. The zero-order chi connectivity index (χ0) is 12.4. The number of benzene rings is 1. The standard InChI is InChI=1S/C14H18BrNOS/c15-11-3-4-14-10(6-11)7-12(17-14)8-16-9-13-2-1-5-18-13/h3-4,6,12-13,16H,1-2,5,7-9H2. The summed E-state index contributed by atoms with van der Waals surface area (Å²) in [6, 6.07) is 6.28. The van der Waals surface area contributed by atoms with Crippen LogP contribution in [0.5, 0.6) is 5.75 Å². The Balaban J connectivity index is 1.46. The van der Waals surface area contributed by atoms with Crippen LogP contribution in [0, 0.1) is 0 Å². The van der Waals surface area contributed by atoms with E-state index in [0.717, 1.165) is 35.0 Å². The molecule has 2 aliphatic rings. The molecule has 0 saturated carbocycles. The van der Waals surface area contributed by atoms with Crippen LogP contribution in [0.15, 0.2) is 22.7 Å². The lowest BCUT2D eigenvalue weighted by Gasteiger charge is -2.14. The smallest absolute Gasteiger partial charge is 0.123 e. The van der Waals surface area contributed by atoms with Crippen LogP contribution in [-0.2, 0) is 6.42 Å². The minimum atomic E-state index is 0.306. The largest absolute Gasteiger partial charge is 0.488 e. The molecule has 0 amide bonds. The molecule has 0 aliphatic carbocycles. The number of hydrogen-bond donors (Lipinski definition) is 1. The lowest BCUT2D eigenvalue weighted by molar-refractivity contribution is 0.228. The molecule has 98 valence electrons. The van der Waals surface area contributed by atoms with E-state index in [1.807, 2.05) is 6.07 Å². The van der Waals surface area contributed by atoms with Crippen molar-refractivity contribution in [1.82, 2.24) is 5.32 Å². The molecule has 2 atom stereocenters. The van der Waals surface area contributed by atoms with Crippen LogP contribution >= 0.6 is 27.7 Å². The molecule has 0 radical (unpaired) electrons. The highest BCUT2D eigenvalue weighted by Gasteiger charge is 2.23. The van der Waals surface area contributed by atoms with Crippen LogP contribution in [0.2, 0.25) is 0 Å². The molecule has 4 heteroatoms. The topological polar surface area (TPSA) is 21.3 Å². The van der Waals surface area contributed by atoms with Gasteiger partial charge in [-0.3, -0.25) is 0 Å². The maximum Gasteiger partial charge on any atom is 0.123 e. The first-order valence-corrected chi connectivity index (χ1v) is 8.43. The number of fused-ring (bicyclic) bond motifs is 1. The van der Waals surface area contributed by atoms with E-state index in [4.69, 9.17) is 4.74 Å². The Morgan fingerprint density at radius 3 is 3.17 bits per heavy atom. The zero-order valence-corrected chi connectivity index (χ0v) is 12.7. The first-order chi connectivity index (χ1) is 8.81. The summed E-state index contributed by atoms with van der Waals surface area (Å²) < 4.78 is 7.08. The van der Waals surface area contributed by atoms with Gasteiger partial charge in [0.05, 0.1) is 0 Å². The Bertz CT molecular complexity index is 420. The van der Waals surface area contributed by atoms with E-state index in [9.17, 15) is 0 Å². The van der Waals surface area contributed by atoms with Gasteiger partial charge in [0.1, 0.15) is 11.9 Å². The van der Waals surface area contributed by atoms with Crippen molar-refractivity contribution in [2.45, 2.75) is 30.6 Å². The zero-order valence-electron chi connectivity index (χ0n) is 10.3. The van der Waals surface area contributed by atoms with E-state index >= 15 is 0 Å². The second kappa shape index (κ2) is 5.85. The van der Waals surface area contributed by atoms with Gasteiger partial charge in [-0.15, -0.1) is 0 Å². The van der Waals surface area contributed by atoms with Crippen molar-refractivity contribution in [3.05, 3.63) is 28.2 Å². The van der Waals surface area contributed by atoms with E-state index in [1.54, 1.807) is 0 Å². The highest BCUT2D eigenvalue weighted by molar-refractivity contribution is 9.10. The minimum Gasteiger partial charge on any atom is -0.488 e. The van der Waals surface area contributed by atoms with Crippen molar-refractivity contribution in [2.24, 2.45) is 0 Å². The quantitative estimate of drug-likeness (QED) is 0.917. The van der Waals surface area contributed by atoms with Gasteiger partial charge < -0.3 is 10.1 Å². The average Bonchev–Trinajstić information content (AvgIpc) is 2.97. The van der Waals surface area contributed by atoms with Crippen molar-refractivity contribution in [3.8, 4) is 5.75 Å². The second-order valence-electron chi connectivity index (χ2n) is 4.99. The summed E-state index contributed by atoms with van der Waals surface area (Å²) in [5.41, 5.74) is 1.33. The molecule has 0 bridgehead atoms. The molecule has 1 N–H and O–H groups in total. The lowest BCUT2D eigenvalue weighted by Crippen LogP contribution is -2.33. The monoisotopic (exact) mass is 327 g/mol. The molecule has 1 saturated heterocycles. The van der Waals surface area contributed by atoms with Gasteiger partial charge in [-0.05, 0) is 42.4 Å². The summed E-state index contributed by atoms with van der Waals surface area (Å²) in [6.07, 6.45) is 4.09. The summed E-state index contributed by atoms with van der Waals surface area (Å²) >= 11 is 5.61. The molecule has 1 aromatic carbocycles. The van der Waals surface area contributed by atoms with Crippen LogP contribution in [0.4, 0.5) is 0 Å². The molecule has 1 fully saturated rings. The molecule has 18 heavy (non-hydrogen) atoms. The van der Waals surface area contributed by atoms with E-state index in [2.05, 4.69) is 45.1 Å². The third kappa shape index (κ3) is 3.03. The second-order valence-corrected chi connectivity index (χ2v) is 7.31. The summed E-state index contributed by atoms with van der Waals surface area (Å²) in [4.78, 5) is 0. The molecule has 2 nitrogen and oxygen atoms in total. The predicted octanol–water partition coefficient (Wildman–Crippen LogP) is 3.24. The molecule has 2 unspecified atom stereocenters. The molecule has 3 rings (SSSR count). The Labute approximate surface area is 121 Å². The number of halogens is 1. The van der Waals surface area contributed by atoms with Gasteiger partial charge in [-0.2, -0.15) is 11.8 Å². The molecule has 0 aromatic heterocycles. The fourth-order valence-electron chi connectivity index (χ4n) is 2.61. The predicted molar refractivity (Wildman–Crippen MR) is 80.6 cm³/mol. The molecular weight excluding hydrogens is 310 g/mol. The summed E-state index contributed by atoms with van der Waals surface area (Å²) in [5.74, 6) is 2.39. The molecular formula is C14H18BrNOS. The first-order valence-electron chi connectivity index (χ1n) is 6.58. The summed E-state index contributed by atoms with van der Waals surface area (Å²) in [6.45, 7) is 2.09. The molecule has 2 aliphatic heterocycles. The Kier molecular flexibility index (Phi) is 4.16. The number of thioether (sulfide) groups is 1. The van der Waals surface area contributed by atoms with E-state index in [0.29, 0.717) is 6.10 Å². The number of hydrogen-bond acceptors (Lipinski definition) is 3. The Hall–Kier alpha value is -0.190. The van der Waals surface area contributed by atoms with Gasteiger partial charge in [0, 0.05) is 29.2 Å². The van der Waals surface area contributed by atoms with E-state index in [-0.39, 0.29) is 0 Å². The Morgan fingerprint density at radius 1 is 1.39 bits per heavy atom. The van der Waals surface area contributed by atoms with Gasteiger partial charge in [-0.25, -0.2) is 0 Å². The number of rotatable bonds is 4. The van der Waals surface area contributed by atoms with Crippen LogP contribution in [-0.4, -0.2) is 30.2 Å². The third-order valence-electron chi connectivity index (χ3n) is 3.53. The summed E-state index contributed by atoms with van der Waals surface area (Å²) in [7, 11) is 0. The van der Waals surface area contributed by atoms with Gasteiger partial charge in [0.15, 0.2) is 0 Å². The van der Waals surface area contributed by atoms with Crippen LogP contribution in [0.25, 0.3) is 0 Å². The van der Waals surface area contributed by atoms with Crippen LogP contribution in [0.1, 0.15) is 18.4 Å². The highest BCUT2D eigenvalue weighted by atomic mass is 79.9. The number of ether oxygens (including phenoxy) is 1. The fourth-order valence-corrected chi connectivity index (χ4v) is 4.26. The van der Waals surface area contributed by atoms with Crippen molar-refractivity contribution < 1.29 is 4.74 Å². The molecule has 0 spiro atoms. The highest BCUT2D eigenvalue weighted by Crippen LogP contribution is 2.31. The van der Waals surface area contributed by atoms with Crippen molar-refractivity contribution in [1.29, 1.82) is 0 Å². The maximum absolute atomic E-state index is 5.94. The van der Waals surface area contributed by atoms with E-state index in [1.165, 1.54) is 24.2 Å². The third-order valence-corrected chi connectivity index (χ3v) is 5.42. The van der Waals surface area contributed by atoms with E-state index < -0.39 is 0 Å². The van der Waals surface area contributed by atoms with Gasteiger partial charge in [0.25, 0.3) is 0 Å². The van der Waals surface area contributed by atoms with Crippen molar-refractivity contribution >= 4 is 27.7 Å². The fraction of sp³-hybridized carbons (Fsp3) is 0.571. The lowest BCUT2D eigenvalue weighted by atomic mass is 10.1. The normalized spacial score (nSPS) is 26.1. The average molecular weight is 328 g/mol. The SMILES string of the molecule is Brc1ccc2c(c1)CC(CNCC1CCCS1)O2. The van der Waals surface area contributed by atoms with Gasteiger partial charge >= 0.3 is 0 Å². The Morgan fingerprint density at radius 2 is 2.33 bits per heavy atom. The van der Waals surface area contributed by atoms with Crippen molar-refractivity contribution in [2.75, 3.05) is 18.8 Å². The molecule has 1 aromatic rings. The van der Waals surface area contributed by atoms with Gasteiger partial charge in [-0.1, -0.05) is 15.9 Å². The summed E-state index contributed by atoms with van der Waals surface area (Å²) in [5, 5.41) is 4.38. The van der Waals surface area contributed by atoms with Gasteiger partial charge in [0.2, 0.25) is 0 Å². The molecule has 2 heterocycles. The van der Waals surface area contributed by atoms with Crippen LogP contribution in [0.3, 0.4) is 0 Å². The minimum absolute atomic E-state index is 0.306. The van der Waals surface area contributed by atoms with Crippen LogP contribution < -0.4 is 10.1 Å². The van der Waals surface area contributed by atoms with Crippen molar-refractivity contribution in [3.63, 3.8) is 0 Å². The first kappa shape index (κ1) is 12.8. The number of nitrogens with one attached hydrogen (secondary N) is 1.